The highest BCUT2D eigenvalue weighted by molar-refractivity contribution is 5.84. The maximum Gasteiger partial charge on any atom is 0.150 e. The van der Waals surface area contributed by atoms with Gasteiger partial charge in [-0.2, -0.15) is 0 Å². The van der Waals surface area contributed by atoms with Gasteiger partial charge in [-0.05, 0) is 0 Å². The largest absolute Gasteiger partial charge is 0.309 e. The fourth-order valence-electron chi connectivity index (χ4n) is 1.08. The topological polar surface area (TPSA) is 29.1 Å². The van der Waals surface area contributed by atoms with Crippen molar-refractivity contribution < 1.29 is 4.79 Å². The second kappa shape index (κ2) is 5.49. The number of Topliss-reactive ketones (excluding diaryl/α,β-unsaturated/α-hetero) is 1. The van der Waals surface area contributed by atoms with Gasteiger partial charge in [0.25, 0.3) is 0 Å². The average Bonchev–Trinajstić information content (AvgIpc) is 2.55. The number of nitrogens with one attached hydrogen (secondary N) is 1. The molecule has 1 N–H and O–H groups in total. The molecule has 1 heterocycles. The molecule has 0 bridgehead atoms. The van der Waals surface area contributed by atoms with Crippen LogP contribution < -0.4 is 5.32 Å². The number of hydrogen-bond acceptors (Lipinski definition) is 2. The molecule has 2 rings (SSSR count). The zero-order valence-corrected chi connectivity index (χ0v) is 7.86. The lowest BCUT2D eigenvalue weighted by atomic mass is 10.1. The highest BCUT2D eigenvalue weighted by atomic mass is 16.1. The Morgan fingerprint density at radius 3 is 1.77 bits per heavy atom. The summed E-state index contributed by atoms with van der Waals surface area (Å²) in [6.45, 7) is 3.41. The molecule has 0 amide bonds. The van der Waals surface area contributed by atoms with Crippen molar-refractivity contribution >= 4 is 5.78 Å². The van der Waals surface area contributed by atoms with Crippen molar-refractivity contribution in [1.29, 1.82) is 0 Å². The molecule has 0 aliphatic carbocycles. The van der Waals surface area contributed by atoms with Gasteiger partial charge in [0.05, 0.1) is 6.54 Å². The van der Waals surface area contributed by atoms with E-state index in [1.54, 1.807) is 0 Å². The van der Waals surface area contributed by atoms with Crippen molar-refractivity contribution in [1.82, 2.24) is 5.32 Å². The molecular formula is C11H15NO. The summed E-state index contributed by atoms with van der Waals surface area (Å²) in [6, 6.07) is 12.0. The van der Waals surface area contributed by atoms with Crippen molar-refractivity contribution in [3.8, 4) is 0 Å². The van der Waals surface area contributed by atoms with Crippen molar-refractivity contribution in [2.45, 2.75) is 6.92 Å². The maximum atomic E-state index is 10.5. The minimum absolute atomic E-state index is 0.264. The third kappa shape index (κ3) is 3.85. The van der Waals surface area contributed by atoms with Gasteiger partial charge in [-0.3, -0.25) is 4.79 Å². The third-order valence-electron chi connectivity index (χ3n) is 1.97. The Morgan fingerprint density at radius 1 is 1.15 bits per heavy atom. The first-order valence-corrected chi connectivity index (χ1v) is 4.54. The van der Waals surface area contributed by atoms with Gasteiger partial charge < -0.3 is 5.32 Å². The molecule has 0 spiro atoms. The lowest BCUT2D eigenvalue weighted by Gasteiger charge is -1.89. The molecule has 1 aliphatic rings. The van der Waals surface area contributed by atoms with Gasteiger partial charge in [0, 0.05) is 12.5 Å². The third-order valence-corrected chi connectivity index (χ3v) is 1.97. The SMILES string of the molecule is CC1CNCC1=O.c1ccccc1. The minimum Gasteiger partial charge on any atom is -0.309 e. The van der Waals surface area contributed by atoms with Crippen LogP contribution in [-0.2, 0) is 4.79 Å². The van der Waals surface area contributed by atoms with Crippen LogP contribution in [0.2, 0.25) is 0 Å². The standard InChI is InChI=1S/C6H6.C5H9NO/c1-2-4-6-5-3-1;1-4-2-6-3-5(4)7/h1-6H;4,6H,2-3H2,1H3. The summed E-state index contributed by atoms with van der Waals surface area (Å²) in [5.41, 5.74) is 0. The number of carbonyl (C=O) groups is 1. The van der Waals surface area contributed by atoms with E-state index in [0.717, 1.165) is 6.54 Å². The Morgan fingerprint density at radius 2 is 1.62 bits per heavy atom. The van der Waals surface area contributed by atoms with Crippen LogP contribution in [0.25, 0.3) is 0 Å². The number of hydrogen-bond donors (Lipinski definition) is 1. The monoisotopic (exact) mass is 177 g/mol. The number of rotatable bonds is 0. The minimum atomic E-state index is 0.264. The van der Waals surface area contributed by atoms with E-state index in [2.05, 4.69) is 5.32 Å². The number of carbonyl (C=O) groups excluding carboxylic acids is 1. The van der Waals surface area contributed by atoms with Gasteiger partial charge >= 0.3 is 0 Å². The fraction of sp³-hybridized carbons (Fsp3) is 0.364. The molecule has 0 aromatic heterocycles. The molecule has 2 heteroatoms. The Labute approximate surface area is 79.0 Å². The molecule has 1 aromatic carbocycles. The van der Waals surface area contributed by atoms with Crippen molar-refractivity contribution in [2.75, 3.05) is 13.1 Å². The number of benzene rings is 1. The zero-order valence-electron chi connectivity index (χ0n) is 7.86. The summed E-state index contributed by atoms with van der Waals surface area (Å²) in [4.78, 5) is 10.5. The van der Waals surface area contributed by atoms with E-state index in [9.17, 15) is 4.79 Å². The smallest absolute Gasteiger partial charge is 0.150 e. The Bertz CT molecular complexity index is 219. The summed E-state index contributed by atoms with van der Waals surface area (Å²) >= 11 is 0. The van der Waals surface area contributed by atoms with Gasteiger partial charge in [0.15, 0.2) is 5.78 Å². The second-order valence-electron chi connectivity index (χ2n) is 3.15. The lowest BCUT2D eigenvalue weighted by molar-refractivity contribution is -0.119. The second-order valence-corrected chi connectivity index (χ2v) is 3.15. The Hall–Kier alpha value is -1.15. The van der Waals surface area contributed by atoms with E-state index in [1.165, 1.54) is 0 Å². The Balaban J connectivity index is 0.000000132. The highest BCUT2D eigenvalue weighted by Crippen LogP contribution is 1.98. The van der Waals surface area contributed by atoms with Crippen molar-refractivity contribution in [3.63, 3.8) is 0 Å². The molecule has 0 radical (unpaired) electrons. The van der Waals surface area contributed by atoms with Gasteiger partial charge in [0.2, 0.25) is 0 Å². The predicted molar refractivity (Wildman–Crippen MR) is 53.5 cm³/mol. The van der Waals surface area contributed by atoms with Crippen LogP contribution in [0, 0.1) is 5.92 Å². The van der Waals surface area contributed by atoms with Crippen LogP contribution in [0.1, 0.15) is 6.92 Å². The molecule has 1 aliphatic heterocycles. The van der Waals surface area contributed by atoms with Crippen LogP contribution in [-0.4, -0.2) is 18.9 Å². The summed E-state index contributed by atoms with van der Waals surface area (Å²) in [6.07, 6.45) is 0. The summed E-state index contributed by atoms with van der Waals surface area (Å²) < 4.78 is 0. The highest BCUT2D eigenvalue weighted by Gasteiger charge is 2.17. The van der Waals surface area contributed by atoms with Gasteiger partial charge in [-0.25, -0.2) is 0 Å². The normalized spacial score (nSPS) is 20.7. The molecule has 1 saturated heterocycles. The first kappa shape index (κ1) is 9.93. The van der Waals surface area contributed by atoms with Crippen LogP contribution >= 0.6 is 0 Å². The molecule has 2 nitrogen and oxygen atoms in total. The Kier molecular flexibility index (Phi) is 4.19. The first-order chi connectivity index (χ1) is 6.30. The van der Waals surface area contributed by atoms with Crippen LogP contribution in [0.4, 0.5) is 0 Å². The van der Waals surface area contributed by atoms with E-state index in [-0.39, 0.29) is 5.92 Å². The van der Waals surface area contributed by atoms with Crippen molar-refractivity contribution in [3.05, 3.63) is 36.4 Å². The lowest BCUT2D eigenvalue weighted by Crippen LogP contribution is -2.07. The van der Waals surface area contributed by atoms with Crippen LogP contribution in [0.5, 0.6) is 0 Å². The molecule has 0 saturated carbocycles. The molecule has 1 atom stereocenters. The molecule has 1 unspecified atom stereocenters. The van der Waals surface area contributed by atoms with E-state index in [0.29, 0.717) is 12.3 Å². The molecule has 1 fully saturated rings. The summed E-state index contributed by atoms with van der Waals surface area (Å²) in [7, 11) is 0. The van der Waals surface area contributed by atoms with Gasteiger partial charge in [0.1, 0.15) is 0 Å². The molecule has 70 valence electrons. The quantitative estimate of drug-likeness (QED) is 0.650. The van der Waals surface area contributed by atoms with Crippen LogP contribution in [0.15, 0.2) is 36.4 Å². The van der Waals surface area contributed by atoms with E-state index < -0.39 is 0 Å². The summed E-state index contributed by atoms with van der Waals surface area (Å²) in [5, 5.41) is 2.97. The number of ketones is 1. The van der Waals surface area contributed by atoms with E-state index in [4.69, 9.17) is 0 Å². The fourth-order valence-corrected chi connectivity index (χ4v) is 1.08. The first-order valence-electron chi connectivity index (χ1n) is 4.54. The van der Waals surface area contributed by atoms with Gasteiger partial charge in [-0.1, -0.05) is 43.3 Å². The molecule has 1 aromatic rings. The van der Waals surface area contributed by atoms with E-state index >= 15 is 0 Å². The van der Waals surface area contributed by atoms with E-state index in [1.807, 2.05) is 43.3 Å². The molecule has 13 heavy (non-hydrogen) atoms. The van der Waals surface area contributed by atoms with Crippen LogP contribution in [0.3, 0.4) is 0 Å². The predicted octanol–water partition coefficient (Wildman–Crippen LogP) is 1.48. The molecular weight excluding hydrogens is 162 g/mol. The van der Waals surface area contributed by atoms with Crippen molar-refractivity contribution in [2.24, 2.45) is 5.92 Å². The maximum absolute atomic E-state index is 10.5. The zero-order chi connectivity index (χ0) is 9.52. The average molecular weight is 177 g/mol. The van der Waals surface area contributed by atoms with Gasteiger partial charge in [-0.15, -0.1) is 0 Å². The summed E-state index contributed by atoms with van der Waals surface area (Å²) in [5.74, 6) is 0.611.